The van der Waals surface area contributed by atoms with Crippen LogP contribution in [-0.4, -0.2) is 38.2 Å². The molecule has 0 bridgehead atoms. The third-order valence-corrected chi connectivity index (χ3v) is 5.63. The summed E-state index contributed by atoms with van der Waals surface area (Å²) in [6, 6.07) is 12.2. The van der Waals surface area contributed by atoms with Gasteiger partial charge in [-0.15, -0.1) is 0 Å². The number of nitrogens with zero attached hydrogens (tertiary/aromatic N) is 2. The molecule has 0 saturated carbocycles. The van der Waals surface area contributed by atoms with Gasteiger partial charge in [-0.1, -0.05) is 18.2 Å². The summed E-state index contributed by atoms with van der Waals surface area (Å²) in [7, 11) is 0. The molecule has 1 unspecified atom stereocenters. The van der Waals surface area contributed by atoms with Gasteiger partial charge in [0.25, 0.3) is 5.91 Å². The van der Waals surface area contributed by atoms with Gasteiger partial charge in [-0.2, -0.15) is 0 Å². The molecule has 2 N–H and O–H groups in total. The third kappa shape index (κ3) is 3.20. The van der Waals surface area contributed by atoms with Crippen LogP contribution >= 0.6 is 0 Å². The monoisotopic (exact) mass is 413 g/mol. The van der Waals surface area contributed by atoms with Gasteiger partial charge in [0.1, 0.15) is 0 Å². The van der Waals surface area contributed by atoms with Crippen molar-refractivity contribution in [2.75, 3.05) is 6.54 Å². The minimum atomic E-state index is -0.732. The summed E-state index contributed by atoms with van der Waals surface area (Å²) in [6.07, 6.45) is 8.45. The Bertz CT molecular complexity index is 1290. The number of pyridine rings is 1. The summed E-state index contributed by atoms with van der Waals surface area (Å²) in [5.74, 6) is -1.53. The van der Waals surface area contributed by atoms with E-state index in [0.717, 1.165) is 16.5 Å². The van der Waals surface area contributed by atoms with Crippen molar-refractivity contribution < 1.29 is 19.1 Å². The number of benzene rings is 1. The summed E-state index contributed by atoms with van der Waals surface area (Å²) in [5, 5.41) is 11.7. The van der Waals surface area contributed by atoms with E-state index in [-0.39, 0.29) is 5.57 Å². The molecular weight excluding hydrogens is 394 g/mol. The van der Waals surface area contributed by atoms with Gasteiger partial charge in [0, 0.05) is 47.2 Å². The van der Waals surface area contributed by atoms with Crippen molar-refractivity contribution in [2.24, 2.45) is 0 Å². The Kier molecular flexibility index (Phi) is 4.63. The number of aromatic amines is 1. The maximum atomic E-state index is 13.2. The number of nitrogens with one attached hydrogen (secondary N) is 1. The Hall–Kier alpha value is -4.13. The molecule has 0 fully saturated rings. The van der Waals surface area contributed by atoms with Gasteiger partial charge in [0.15, 0.2) is 11.5 Å². The highest BCUT2D eigenvalue weighted by atomic mass is 16.3. The van der Waals surface area contributed by atoms with Gasteiger partial charge in [0.2, 0.25) is 0 Å². The fourth-order valence-corrected chi connectivity index (χ4v) is 4.13. The van der Waals surface area contributed by atoms with E-state index >= 15 is 0 Å². The number of aromatic nitrogens is 2. The maximum Gasteiger partial charge on any atom is 0.290 e. The Labute approximate surface area is 177 Å². The third-order valence-electron chi connectivity index (χ3n) is 5.63. The first-order valence-electron chi connectivity index (χ1n) is 9.91. The van der Waals surface area contributed by atoms with Crippen molar-refractivity contribution >= 4 is 22.6 Å². The molecule has 0 aliphatic carbocycles. The van der Waals surface area contributed by atoms with Gasteiger partial charge in [-0.25, -0.2) is 0 Å². The molecule has 1 aliphatic rings. The van der Waals surface area contributed by atoms with Crippen LogP contribution in [0.15, 0.2) is 89.3 Å². The Morgan fingerprint density at radius 2 is 2.06 bits per heavy atom. The smallest absolute Gasteiger partial charge is 0.290 e. The number of H-pyrrole nitrogens is 1. The number of carbonyl (C=O) groups excluding carboxylic acids is 2. The lowest BCUT2D eigenvalue weighted by atomic mass is 9.95. The molecule has 0 spiro atoms. The van der Waals surface area contributed by atoms with Crippen LogP contribution in [0.2, 0.25) is 0 Å². The number of fused-ring (bicyclic) bond motifs is 1. The summed E-state index contributed by atoms with van der Waals surface area (Å²) < 4.78 is 5.22. The van der Waals surface area contributed by atoms with Crippen LogP contribution in [0.4, 0.5) is 0 Å². The van der Waals surface area contributed by atoms with E-state index in [0.29, 0.717) is 24.1 Å². The fraction of sp³-hybridized carbons (Fsp3) is 0.125. The van der Waals surface area contributed by atoms with Crippen molar-refractivity contribution in [2.45, 2.75) is 12.5 Å². The summed E-state index contributed by atoms with van der Waals surface area (Å²) in [5.41, 5.74) is 3.05. The molecular formula is C24H19N3O4. The van der Waals surface area contributed by atoms with Crippen LogP contribution < -0.4 is 0 Å². The molecule has 1 aromatic carbocycles. The first-order chi connectivity index (χ1) is 15.1. The van der Waals surface area contributed by atoms with Crippen LogP contribution in [-0.2, 0) is 11.2 Å². The van der Waals surface area contributed by atoms with Crippen LogP contribution in [0.3, 0.4) is 0 Å². The number of ketones is 1. The molecule has 4 heterocycles. The second-order valence-corrected chi connectivity index (χ2v) is 7.40. The number of hydrogen-bond donors (Lipinski definition) is 2. The topological polar surface area (TPSA) is 99.4 Å². The minimum Gasteiger partial charge on any atom is -0.503 e. The van der Waals surface area contributed by atoms with Crippen LogP contribution in [0.25, 0.3) is 10.9 Å². The predicted molar refractivity (Wildman–Crippen MR) is 113 cm³/mol. The molecule has 31 heavy (non-hydrogen) atoms. The Morgan fingerprint density at radius 1 is 1.19 bits per heavy atom. The largest absolute Gasteiger partial charge is 0.503 e. The Balaban J connectivity index is 1.49. The second-order valence-electron chi connectivity index (χ2n) is 7.40. The molecule has 3 aromatic heterocycles. The van der Waals surface area contributed by atoms with E-state index in [4.69, 9.17) is 4.42 Å². The standard InChI is InChI=1S/C24H19N3O4/c28-22(16-4-3-9-25-12-16)20-21(17-8-11-31-14-17)27(24(30)23(20)29)10-7-15-13-26-19-6-2-1-5-18(15)19/h1-6,8-9,11-14,21,26,29H,7,10H2. The molecule has 0 saturated heterocycles. The quantitative estimate of drug-likeness (QED) is 0.466. The predicted octanol–water partition coefficient (Wildman–Crippen LogP) is 3.98. The zero-order valence-electron chi connectivity index (χ0n) is 16.5. The molecule has 0 radical (unpaired) electrons. The lowest BCUT2D eigenvalue weighted by molar-refractivity contribution is -0.129. The summed E-state index contributed by atoms with van der Waals surface area (Å²) >= 11 is 0. The van der Waals surface area contributed by atoms with Crippen molar-refractivity contribution in [1.82, 2.24) is 14.9 Å². The number of carbonyl (C=O) groups is 2. The average molecular weight is 413 g/mol. The van der Waals surface area contributed by atoms with Gasteiger partial charge in [-0.3, -0.25) is 14.6 Å². The summed E-state index contributed by atoms with van der Waals surface area (Å²) in [4.78, 5) is 34.9. The zero-order valence-corrected chi connectivity index (χ0v) is 16.5. The first-order valence-corrected chi connectivity index (χ1v) is 9.91. The highest BCUT2D eigenvalue weighted by Gasteiger charge is 2.44. The van der Waals surface area contributed by atoms with E-state index < -0.39 is 23.5 Å². The number of para-hydroxylation sites is 1. The SMILES string of the molecule is O=C(C1=C(O)C(=O)N(CCc2c[nH]c3ccccc23)C1c1ccoc1)c1cccnc1. The van der Waals surface area contributed by atoms with Crippen molar-refractivity contribution in [3.63, 3.8) is 0 Å². The number of amides is 1. The van der Waals surface area contributed by atoms with Crippen LogP contribution in [0.5, 0.6) is 0 Å². The van der Waals surface area contributed by atoms with E-state index in [1.165, 1.54) is 23.6 Å². The number of aliphatic hydroxyl groups is 1. The highest BCUT2D eigenvalue weighted by molar-refractivity contribution is 6.16. The number of hydrogen-bond acceptors (Lipinski definition) is 5. The number of aliphatic hydroxyl groups excluding tert-OH is 1. The molecule has 7 heteroatoms. The van der Waals surface area contributed by atoms with Gasteiger partial charge < -0.3 is 19.4 Å². The molecule has 1 amide bonds. The van der Waals surface area contributed by atoms with E-state index in [1.807, 2.05) is 30.5 Å². The number of rotatable bonds is 6. The fourth-order valence-electron chi connectivity index (χ4n) is 4.13. The lowest BCUT2D eigenvalue weighted by Crippen LogP contribution is -2.32. The van der Waals surface area contributed by atoms with E-state index in [9.17, 15) is 14.7 Å². The second kappa shape index (κ2) is 7.60. The molecule has 4 aromatic rings. The van der Waals surface area contributed by atoms with Gasteiger partial charge >= 0.3 is 0 Å². The highest BCUT2D eigenvalue weighted by Crippen LogP contribution is 2.39. The zero-order chi connectivity index (χ0) is 21.4. The molecule has 1 aliphatic heterocycles. The Morgan fingerprint density at radius 3 is 2.84 bits per heavy atom. The molecule has 1 atom stereocenters. The number of furan rings is 1. The van der Waals surface area contributed by atoms with Crippen molar-refractivity contribution in [3.05, 3.63) is 102 Å². The lowest BCUT2D eigenvalue weighted by Gasteiger charge is -2.25. The normalized spacial score (nSPS) is 16.5. The van der Waals surface area contributed by atoms with Crippen molar-refractivity contribution in [1.29, 1.82) is 0 Å². The van der Waals surface area contributed by atoms with Crippen LogP contribution in [0.1, 0.15) is 27.5 Å². The van der Waals surface area contributed by atoms with Crippen molar-refractivity contribution in [3.8, 4) is 0 Å². The first kappa shape index (κ1) is 18.9. The molecule has 154 valence electrons. The maximum absolute atomic E-state index is 13.2. The van der Waals surface area contributed by atoms with Gasteiger partial charge in [0.05, 0.1) is 24.1 Å². The average Bonchev–Trinajstić information content (AvgIpc) is 3.53. The van der Waals surface area contributed by atoms with Crippen LogP contribution in [0, 0.1) is 0 Å². The van der Waals surface area contributed by atoms with E-state index in [1.54, 1.807) is 24.4 Å². The van der Waals surface area contributed by atoms with Gasteiger partial charge in [-0.05, 0) is 36.2 Å². The number of Topliss-reactive ketones (excluding diaryl/α,β-unsaturated/α-hetero) is 1. The molecule has 7 nitrogen and oxygen atoms in total. The minimum absolute atomic E-state index is 0.0401. The van der Waals surface area contributed by atoms with E-state index in [2.05, 4.69) is 9.97 Å². The molecule has 5 rings (SSSR count). The summed E-state index contributed by atoms with van der Waals surface area (Å²) in [6.45, 7) is 0.324.